The predicted octanol–water partition coefficient (Wildman–Crippen LogP) is 2.56. The van der Waals surface area contributed by atoms with Gasteiger partial charge in [-0.1, -0.05) is 22.9 Å². The van der Waals surface area contributed by atoms with E-state index in [1.807, 2.05) is 19.9 Å². The standard InChI is InChI=1S/C11H15BrN2O/c1-3-7(2)14-11(15)9-6-8(12)4-5-10(9)13/h4-7H,3,13H2,1-2H3,(H,14,15). The van der Waals surface area contributed by atoms with Crippen LogP contribution in [-0.2, 0) is 0 Å². The Morgan fingerprint density at radius 1 is 1.60 bits per heavy atom. The number of carbonyl (C=O) groups is 1. The van der Waals surface area contributed by atoms with E-state index >= 15 is 0 Å². The zero-order valence-electron chi connectivity index (χ0n) is 8.88. The third kappa shape index (κ3) is 3.23. The molecule has 15 heavy (non-hydrogen) atoms. The highest BCUT2D eigenvalue weighted by Crippen LogP contribution is 2.18. The zero-order valence-corrected chi connectivity index (χ0v) is 10.5. The maximum absolute atomic E-state index is 11.8. The average molecular weight is 271 g/mol. The molecular formula is C11H15BrN2O. The van der Waals surface area contributed by atoms with E-state index in [-0.39, 0.29) is 11.9 Å². The van der Waals surface area contributed by atoms with Crippen LogP contribution in [0.3, 0.4) is 0 Å². The third-order valence-electron chi connectivity index (χ3n) is 2.25. The van der Waals surface area contributed by atoms with Gasteiger partial charge in [0.15, 0.2) is 0 Å². The predicted molar refractivity (Wildman–Crippen MR) is 65.8 cm³/mol. The molecular weight excluding hydrogens is 256 g/mol. The number of nitrogens with two attached hydrogens (primary N) is 1. The lowest BCUT2D eigenvalue weighted by molar-refractivity contribution is 0.0940. The SMILES string of the molecule is CCC(C)NC(=O)c1cc(Br)ccc1N. The van der Waals surface area contributed by atoms with Crippen molar-refractivity contribution in [1.82, 2.24) is 5.32 Å². The number of hydrogen-bond acceptors (Lipinski definition) is 2. The largest absolute Gasteiger partial charge is 0.398 e. The Hall–Kier alpha value is -1.03. The van der Waals surface area contributed by atoms with E-state index in [1.54, 1.807) is 12.1 Å². The number of benzene rings is 1. The highest BCUT2D eigenvalue weighted by molar-refractivity contribution is 9.10. The summed E-state index contributed by atoms with van der Waals surface area (Å²) in [7, 11) is 0. The molecule has 0 saturated heterocycles. The molecule has 3 nitrogen and oxygen atoms in total. The molecule has 82 valence electrons. The summed E-state index contributed by atoms with van der Waals surface area (Å²) >= 11 is 3.31. The van der Waals surface area contributed by atoms with Crippen molar-refractivity contribution in [2.24, 2.45) is 0 Å². The second-order valence-corrected chi connectivity index (χ2v) is 4.43. The van der Waals surface area contributed by atoms with Gasteiger partial charge in [0.25, 0.3) is 5.91 Å². The van der Waals surface area contributed by atoms with E-state index in [0.717, 1.165) is 10.9 Å². The van der Waals surface area contributed by atoms with Crippen LogP contribution < -0.4 is 11.1 Å². The van der Waals surface area contributed by atoms with Gasteiger partial charge in [0, 0.05) is 16.2 Å². The first-order valence-electron chi connectivity index (χ1n) is 4.90. The zero-order chi connectivity index (χ0) is 11.4. The number of rotatable bonds is 3. The topological polar surface area (TPSA) is 55.1 Å². The normalized spacial score (nSPS) is 12.2. The van der Waals surface area contributed by atoms with Crippen LogP contribution in [0.1, 0.15) is 30.6 Å². The Morgan fingerprint density at radius 2 is 2.27 bits per heavy atom. The van der Waals surface area contributed by atoms with Gasteiger partial charge in [0.2, 0.25) is 0 Å². The van der Waals surface area contributed by atoms with E-state index in [4.69, 9.17) is 5.73 Å². The van der Waals surface area contributed by atoms with E-state index < -0.39 is 0 Å². The number of amides is 1. The molecule has 0 bridgehead atoms. The molecule has 0 spiro atoms. The lowest BCUT2D eigenvalue weighted by Gasteiger charge is -2.12. The van der Waals surface area contributed by atoms with E-state index in [2.05, 4.69) is 21.2 Å². The van der Waals surface area contributed by atoms with Crippen LogP contribution in [0.15, 0.2) is 22.7 Å². The van der Waals surface area contributed by atoms with Crippen LogP contribution in [0.2, 0.25) is 0 Å². The summed E-state index contributed by atoms with van der Waals surface area (Å²) < 4.78 is 0.853. The van der Waals surface area contributed by atoms with Gasteiger partial charge < -0.3 is 11.1 Å². The lowest BCUT2D eigenvalue weighted by Crippen LogP contribution is -2.32. The molecule has 1 rings (SSSR count). The minimum absolute atomic E-state index is 0.122. The fourth-order valence-electron chi connectivity index (χ4n) is 1.13. The average Bonchev–Trinajstić information content (AvgIpc) is 2.21. The molecule has 0 aliphatic rings. The fraction of sp³-hybridized carbons (Fsp3) is 0.364. The van der Waals surface area contributed by atoms with E-state index in [0.29, 0.717) is 11.3 Å². The molecule has 0 aromatic heterocycles. The van der Waals surface area contributed by atoms with Crippen molar-refractivity contribution in [3.05, 3.63) is 28.2 Å². The first kappa shape index (κ1) is 12.0. The summed E-state index contributed by atoms with van der Waals surface area (Å²) in [6, 6.07) is 5.42. The quantitative estimate of drug-likeness (QED) is 0.830. The summed E-state index contributed by atoms with van der Waals surface area (Å²) in [4.78, 5) is 11.8. The van der Waals surface area contributed by atoms with Crippen LogP contribution in [0, 0.1) is 0 Å². The molecule has 0 radical (unpaired) electrons. The summed E-state index contributed by atoms with van der Waals surface area (Å²) in [5, 5.41) is 2.87. The highest BCUT2D eigenvalue weighted by atomic mass is 79.9. The molecule has 4 heteroatoms. The van der Waals surface area contributed by atoms with Gasteiger partial charge in [-0.3, -0.25) is 4.79 Å². The Labute approximate surface area is 98.2 Å². The van der Waals surface area contributed by atoms with Crippen LogP contribution in [-0.4, -0.2) is 11.9 Å². The van der Waals surface area contributed by atoms with Crippen molar-refractivity contribution in [1.29, 1.82) is 0 Å². The molecule has 1 aromatic rings. The second kappa shape index (κ2) is 5.16. The van der Waals surface area contributed by atoms with Gasteiger partial charge >= 0.3 is 0 Å². The van der Waals surface area contributed by atoms with E-state index in [9.17, 15) is 4.79 Å². The van der Waals surface area contributed by atoms with Crippen molar-refractivity contribution >= 4 is 27.5 Å². The van der Waals surface area contributed by atoms with Crippen LogP contribution in [0.25, 0.3) is 0 Å². The molecule has 0 aliphatic heterocycles. The first-order valence-corrected chi connectivity index (χ1v) is 5.69. The number of hydrogen-bond donors (Lipinski definition) is 2. The highest BCUT2D eigenvalue weighted by Gasteiger charge is 2.11. The Balaban J connectivity index is 2.86. The van der Waals surface area contributed by atoms with Crippen LogP contribution in [0.4, 0.5) is 5.69 Å². The maximum Gasteiger partial charge on any atom is 0.253 e. The number of halogens is 1. The number of nitrogens with one attached hydrogen (secondary N) is 1. The minimum Gasteiger partial charge on any atom is -0.398 e. The summed E-state index contributed by atoms with van der Waals surface area (Å²) in [6.45, 7) is 3.99. The molecule has 0 aliphatic carbocycles. The molecule has 1 aromatic carbocycles. The van der Waals surface area contributed by atoms with Crippen molar-refractivity contribution < 1.29 is 4.79 Å². The van der Waals surface area contributed by atoms with Gasteiger partial charge in [0.1, 0.15) is 0 Å². The van der Waals surface area contributed by atoms with Crippen molar-refractivity contribution in [2.45, 2.75) is 26.3 Å². The third-order valence-corrected chi connectivity index (χ3v) is 2.74. The monoisotopic (exact) mass is 270 g/mol. The van der Waals surface area contributed by atoms with Gasteiger partial charge in [-0.25, -0.2) is 0 Å². The van der Waals surface area contributed by atoms with Crippen molar-refractivity contribution in [2.75, 3.05) is 5.73 Å². The summed E-state index contributed by atoms with van der Waals surface area (Å²) in [6.07, 6.45) is 0.902. The minimum atomic E-state index is -0.122. The smallest absolute Gasteiger partial charge is 0.253 e. The summed E-state index contributed by atoms with van der Waals surface area (Å²) in [5.41, 5.74) is 6.74. The van der Waals surface area contributed by atoms with Gasteiger partial charge in [0.05, 0.1) is 5.56 Å². The number of anilines is 1. The molecule has 1 unspecified atom stereocenters. The first-order chi connectivity index (χ1) is 7.04. The number of nitrogen functional groups attached to an aromatic ring is 1. The van der Waals surface area contributed by atoms with Crippen molar-refractivity contribution in [3.63, 3.8) is 0 Å². The van der Waals surface area contributed by atoms with Crippen LogP contribution >= 0.6 is 15.9 Å². The molecule has 0 saturated carbocycles. The van der Waals surface area contributed by atoms with Crippen LogP contribution in [0.5, 0.6) is 0 Å². The maximum atomic E-state index is 11.8. The molecule has 0 fully saturated rings. The van der Waals surface area contributed by atoms with Crippen molar-refractivity contribution in [3.8, 4) is 0 Å². The lowest BCUT2D eigenvalue weighted by atomic mass is 10.1. The molecule has 1 amide bonds. The molecule has 3 N–H and O–H groups in total. The Kier molecular flexibility index (Phi) is 4.15. The van der Waals surface area contributed by atoms with Gasteiger partial charge in [-0.15, -0.1) is 0 Å². The molecule has 1 atom stereocenters. The van der Waals surface area contributed by atoms with Gasteiger partial charge in [-0.05, 0) is 31.5 Å². The number of carbonyl (C=O) groups excluding carboxylic acids is 1. The Morgan fingerprint density at radius 3 is 2.87 bits per heavy atom. The Bertz CT molecular complexity index is 366. The van der Waals surface area contributed by atoms with Gasteiger partial charge in [-0.2, -0.15) is 0 Å². The fourth-order valence-corrected chi connectivity index (χ4v) is 1.49. The van der Waals surface area contributed by atoms with E-state index in [1.165, 1.54) is 0 Å². The molecule has 0 heterocycles. The summed E-state index contributed by atoms with van der Waals surface area (Å²) in [5.74, 6) is -0.122. The second-order valence-electron chi connectivity index (χ2n) is 3.51.